The predicted molar refractivity (Wildman–Crippen MR) is 60.0 cm³/mol. The minimum atomic E-state index is -0.427. The topological polar surface area (TPSA) is 38.7 Å². The van der Waals surface area contributed by atoms with E-state index in [1.54, 1.807) is 12.1 Å². The Morgan fingerprint density at radius 2 is 1.69 bits per heavy atom. The highest BCUT2D eigenvalue weighted by molar-refractivity contribution is 6.31. The lowest BCUT2D eigenvalue weighted by Gasteiger charge is -2.03. The third-order valence-electron chi connectivity index (χ3n) is 1.94. The van der Waals surface area contributed by atoms with Crippen LogP contribution in [0.4, 0.5) is 4.39 Å². The van der Waals surface area contributed by atoms with Crippen LogP contribution < -0.4 is 0 Å². The van der Waals surface area contributed by atoms with Crippen LogP contribution in [0.25, 0.3) is 11.4 Å². The quantitative estimate of drug-likeness (QED) is 0.787. The number of hydrogen-bond donors (Lipinski definition) is 0. The van der Waals surface area contributed by atoms with Crippen molar-refractivity contribution < 1.29 is 4.39 Å². The van der Waals surface area contributed by atoms with Gasteiger partial charge in [-0.2, -0.15) is 15.0 Å². The van der Waals surface area contributed by atoms with Crippen molar-refractivity contribution in [1.29, 1.82) is 0 Å². The molecule has 2 aromatic rings. The normalized spacial score (nSPS) is 10.5. The number of halogens is 3. The van der Waals surface area contributed by atoms with Crippen LogP contribution in [0.15, 0.2) is 18.2 Å². The molecular weight excluding hydrogens is 252 g/mol. The van der Waals surface area contributed by atoms with Crippen molar-refractivity contribution in [2.45, 2.75) is 6.92 Å². The highest BCUT2D eigenvalue weighted by Gasteiger charge is 2.10. The average Bonchev–Trinajstić information content (AvgIpc) is 2.20. The van der Waals surface area contributed by atoms with E-state index in [1.807, 2.05) is 6.92 Å². The second kappa shape index (κ2) is 4.31. The smallest absolute Gasteiger partial charge is 0.206 e. The molecule has 1 aromatic carbocycles. The first-order valence-corrected chi connectivity index (χ1v) is 5.15. The van der Waals surface area contributed by atoms with Crippen LogP contribution in [0.1, 0.15) is 5.56 Å². The number of hydrogen-bond acceptors (Lipinski definition) is 3. The first-order valence-electron chi connectivity index (χ1n) is 4.40. The minimum Gasteiger partial charge on any atom is -0.206 e. The molecule has 1 heterocycles. The summed E-state index contributed by atoms with van der Waals surface area (Å²) in [5, 5.41) is -0.119. The Kier molecular flexibility index (Phi) is 3.03. The van der Waals surface area contributed by atoms with Gasteiger partial charge in [-0.25, -0.2) is 4.39 Å². The van der Waals surface area contributed by atoms with Gasteiger partial charge in [0.05, 0.1) is 5.56 Å². The standard InChI is InChI=1S/C10H6Cl2FN3/c1-5-2-3-7(13)6(4-5)8-14-9(11)16-10(12)15-8/h2-4H,1H3. The van der Waals surface area contributed by atoms with Gasteiger partial charge in [0.15, 0.2) is 5.82 Å². The van der Waals surface area contributed by atoms with Crippen LogP contribution in [0.2, 0.25) is 10.6 Å². The average molecular weight is 258 g/mol. The van der Waals surface area contributed by atoms with Crippen LogP contribution in [0.5, 0.6) is 0 Å². The molecule has 0 fully saturated rings. The van der Waals surface area contributed by atoms with E-state index in [1.165, 1.54) is 6.07 Å². The first-order chi connectivity index (χ1) is 7.56. The van der Waals surface area contributed by atoms with E-state index in [9.17, 15) is 4.39 Å². The summed E-state index contributed by atoms with van der Waals surface area (Å²) in [6.45, 7) is 1.84. The van der Waals surface area contributed by atoms with E-state index in [2.05, 4.69) is 15.0 Å². The summed E-state index contributed by atoms with van der Waals surface area (Å²) in [5.41, 5.74) is 1.15. The molecule has 0 spiro atoms. The molecule has 0 unspecified atom stereocenters. The molecule has 0 radical (unpaired) electrons. The van der Waals surface area contributed by atoms with Crippen molar-refractivity contribution in [3.8, 4) is 11.4 Å². The lowest BCUT2D eigenvalue weighted by molar-refractivity contribution is 0.629. The van der Waals surface area contributed by atoms with E-state index in [0.717, 1.165) is 5.56 Å². The van der Waals surface area contributed by atoms with Crippen molar-refractivity contribution >= 4 is 23.2 Å². The molecule has 16 heavy (non-hydrogen) atoms. The molecule has 0 saturated heterocycles. The summed E-state index contributed by atoms with van der Waals surface area (Å²) in [6, 6.07) is 4.62. The zero-order valence-electron chi connectivity index (χ0n) is 8.21. The van der Waals surface area contributed by atoms with E-state index >= 15 is 0 Å². The molecule has 0 amide bonds. The molecule has 0 aliphatic carbocycles. The highest BCUT2D eigenvalue weighted by atomic mass is 35.5. The molecule has 82 valence electrons. The molecule has 2 rings (SSSR count). The molecule has 0 bridgehead atoms. The van der Waals surface area contributed by atoms with E-state index < -0.39 is 5.82 Å². The van der Waals surface area contributed by atoms with Crippen LogP contribution in [-0.2, 0) is 0 Å². The van der Waals surface area contributed by atoms with Gasteiger partial charge in [-0.3, -0.25) is 0 Å². The number of rotatable bonds is 1. The van der Waals surface area contributed by atoms with Crippen LogP contribution in [0, 0.1) is 12.7 Å². The van der Waals surface area contributed by atoms with Crippen LogP contribution in [0.3, 0.4) is 0 Å². The number of nitrogens with zero attached hydrogens (tertiary/aromatic N) is 3. The highest BCUT2D eigenvalue weighted by Crippen LogP contribution is 2.22. The van der Waals surface area contributed by atoms with Gasteiger partial charge in [0.2, 0.25) is 10.6 Å². The maximum Gasteiger partial charge on any atom is 0.227 e. The molecule has 3 nitrogen and oxygen atoms in total. The molecule has 0 aliphatic rings. The van der Waals surface area contributed by atoms with Crippen LogP contribution in [-0.4, -0.2) is 15.0 Å². The molecule has 0 aliphatic heterocycles. The lowest BCUT2D eigenvalue weighted by Crippen LogP contribution is -1.96. The monoisotopic (exact) mass is 257 g/mol. The van der Waals surface area contributed by atoms with Gasteiger partial charge >= 0.3 is 0 Å². The Hall–Kier alpha value is -1.26. The van der Waals surface area contributed by atoms with Gasteiger partial charge in [-0.1, -0.05) is 11.6 Å². The fraction of sp³-hybridized carbons (Fsp3) is 0.100. The summed E-state index contributed by atoms with van der Waals surface area (Å²) >= 11 is 11.2. The van der Waals surface area contributed by atoms with Gasteiger partial charge in [-0.05, 0) is 42.3 Å². The Labute approximate surface area is 101 Å². The maximum absolute atomic E-state index is 13.5. The van der Waals surface area contributed by atoms with Crippen molar-refractivity contribution in [1.82, 2.24) is 15.0 Å². The molecule has 1 aromatic heterocycles. The fourth-order valence-electron chi connectivity index (χ4n) is 1.26. The predicted octanol–water partition coefficient (Wildman–Crippen LogP) is 3.29. The lowest BCUT2D eigenvalue weighted by atomic mass is 10.1. The van der Waals surface area contributed by atoms with Gasteiger partial charge in [0, 0.05) is 0 Å². The Balaban J connectivity index is 2.62. The third kappa shape index (κ3) is 2.28. The Morgan fingerprint density at radius 3 is 2.31 bits per heavy atom. The number of benzene rings is 1. The van der Waals surface area contributed by atoms with Gasteiger partial charge in [0.1, 0.15) is 5.82 Å². The van der Waals surface area contributed by atoms with E-state index in [-0.39, 0.29) is 22.0 Å². The number of aryl methyl sites for hydroxylation is 1. The SMILES string of the molecule is Cc1ccc(F)c(-c2nc(Cl)nc(Cl)n2)c1. The largest absolute Gasteiger partial charge is 0.227 e. The molecule has 6 heteroatoms. The van der Waals surface area contributed by atoms with Gasteiger partial charge in [-0.15, -0.1) is 0 Å². The molecular formula is C10H6Cl2FN3. The third-order valence-corrected chi connectivity index (χ3v) is 2.28. The molecule has 0 N–H and O–H groups in total. The maximum atomic E-state index is 13.5. The fourth-order valence-corrected chi connectivity index (χ4v) is 1.62. The minimum absolute atomic E-state index is 0.0593. The Morgan fingerprint density at radius 1 is 1.06 bits per heavy atom. The first kappa shape index (κ1) is 11.2. The summed E-state index contributed by atoms with van der Waals surface area (Å²) in [7, 11) is 0. The van der Waals surface area contributed by atoms with Crippen molar-refractivity contribution in [3.63, 3.8) is 0 Å². The van der Waals surface area contributed by atoms with E-state index in [4.69, 9.17) is 23.2 Å². The summed E-state index contributed by atoms with van der Waals surface area (Å²) < 4.78 is 13.5. The van der Waals surface area contributed by atoms with Crippen LogP contribution >= 0.6 is 23.2 Å². The zero-order valence-corrected chi connectivity index (χ0v) is 9.72. The molecule has 0 saturated carbocycles. The van der Waals surface area contributed by atoms with Crippen molar-refractivity contribution in [3.05, 3.63) is 40.1 Å². The van der Waals surface area contributed by atoms with Crippen molar-refractivity contribution in [2.24, 2.45) is 0 Å². The zero-order chi connectivity index (χ0) is 11.7. The van der Waals surface area contributed by atoms with Crippen molar-refractivity contribution in [2.75, 3.05) is 0 Å². The molecule has 0 atom stereocenters. The van der Waals surface area contributed by atoms with Gasteiger partial charge in [0.25, 0.3) is 0 Å². The summed E-state index contributed by atoms with van der Waals surface area (Å²) in [4.78, 5) is 11.2. The second-order valence-electron chi connectivity index (χ2n) is 3.18. The summed E-state index contributed by atoms with van der Waals surface area (Å²) in [5.74, 6) is -0.296. The summed E-state index contributed by atoms with van der Waals surface area (Å²) in [6.07, 6.45) is 0. The van der Waals surface area contributed by atoms with E-state index in [0.29, 0.717) is 0 Å². The van der Waals surface area contributed by atoms with Gasteiger partial charge < -0.3 is 0 Å². The Bertz CT molecular complexity index is 525. The second-order valence-corrected chi connectivity index (χ2v) is 3.86. The number of aromatic nitrogens is 3.